The van der Waals surface area contributed by atoms with E-state index in [1.807, 2.05) is 54.6 Å². The van der Waals surface area contributed by atoms with Crippen LogP contribution < -0.4 is 0 Å². The van der Waals surface area contributed by atoms with Crippen molar-refractivity contribution in [3.8, 4) is 0 Å². The van der Waals surface area contributed by atoms with Crippen molar-refractivity contribution in [3.63, 3.8) is 0 Å². The van der Waals surface area contributed by atoms with E-state index in [1.54, 1.807) is 218 Å². The summed E-state index contributed by atoms with van der Waals surface area (Å²) in [7, 11) is 0. The van der Waals surface area contributed by atoms with Crippen molar-refractivity contribution in [2.24, 2.45) is 0 Å². The molecule has 0 unspecified atom stereocenters. The van der Waals surface area contributed by atoms with E-state index < -0.39 is 51.9 Å². The van der Waals surface area contributed by atoms with Crippen LogP contribution in [0.3, 0.4) is 0 Å². The van der Waals surface area contributed by atoms with Gasteiger partial charge in [0.2, 0.25) is 0 Å². The fourth-order valence-corrected chi connectivity index (χ4v) is 11.9. The number of hydrogen-bond acceptors (Lipinski definition) is 7. The first kappa shape index (κ1) is 45.9. The summed E-state index contributed by atoms with van der Waals surface area (Å²) in [6.07, 6.45) is 0. The Bertz CT molecular complexity index is 2500. The molecule has 8 heteroatoms. The van der Waals surface area contributed by atoms with Crippen molar-refractivity contribution in [3.05, 3.63) is 323 Å². The fraction of sp³-hybridized carbons (Fsp3) is 0.0492. The molecule has 0 amide bonds. The Hall–Kier alpha value is -8.23. The van der Waals surface area contributed by atoms with Gasteiger partial charge in [0.25, 0.3) is 0 Å². The molecule has 0 aliphatic carbocycles. The quantitative estimate of drug-likeness (QED) is 0.0541. The van der Waals surface area contributed by atoms with Crippen LogP contribution in [0.15, 0.2) is 273 Å². The Morgan fingerprint density at radius 3 is 0.507 bits per heavy atom. The Morgan fingerprint density at radius 2 is 0.391 bits per heavy atom. The molecule has 336 valence electrons. The van der Waals surface area contributed by atoms with Crippen molar-refractivity contribution in [1.29, 1.82) is 0 Å². The average molecular weight is 939 g/mol. The van der Waals surface area contributed by atoms with Crippen LogP contribution in [0, 0.1) is 0 Å². The van der Waals surface area contributed by atoms with E-state index in [2.05, 4.69) is 0 Å². The van der Waals surface area contributed by atoms with Crippen LogP contribution in [0.2, 0.25) is 0 Å². The Balaban J connectivity index is 1.32. The molecule has 9 rings (SSSR count). The summed E-state index contributed by atoms with van der Waals surface area (Å²) in [5, 5.41) is 0. The molecule has 0 heterocycles. The average Bonchev–Trinajstić information content (AvgIpc) is 3.42. The second-order valence-corrected chi connectivity index (χ2v) is 19.6. The summed E-state index contributed by atoms with van der Waals surface area (Å²) in [6, 6.07) is 81.3. The standard InChI is InChI=1S/3C20H16O2.CHO.Ti/c3*21-19(22)20(16-10-4-1-5-11-16,17-12-6-2-7-13-17)18-14-8-3-9-15-18;1-2;/h3*1-15H,(H,21,22);1H;/q;;;;+3/p-3. The summed E-state index contributed by atoms with van der Waals surface area (Å²) in [5.74, 6) is -2.98. The second-order valence-electron chi connectivity index (χ2n) is 16.4. The molecular formula is C61H46O7Ti. The SMILES string of the molecule is O=[CH][Ti]([O]C(=O)C(c1ccccc1)(c1ccccc1)c1ccccc1)([O]C(=O)C(c1ccccc1)(c1ccccc1)c1ccccc1)[O]C(=O)C(c1ccccc1)(c1ccccc1)c1ccccc1. The molecule has 7 nitrogen and oxygen atoms in total. The van der Waals surface area contributed by atoms with Gasteiger partial charge in [0.15, 0.2) is 0 Å². The number of rotatable bonds is 16. The number of carbonyl (C=O) groups is 4. The van der Waals surface area contributed by atoms with Gasteiger partial charge in [0.05, 0.1) is 0 Å². The van der Waals surface area contributed by atoms with Crippen molar-refractivity contribution in [2.75, 3.05) is 0 Å². The fourth-order valence-electron chi connectivity index (χ4n) is 9.51. The Kier molecular flexibility index (Phi) is 13.5. The van der Waals surface area contributed by atoms with Crippen molar-refractivity contribution in [1.82, 2.24) is 0 Å². The summed E-state index contributed by atoms with van der Waals surface area (Å²) in [5.41, 5.74) is -0.924. The molecule has 0 saturated carbocycles. The maximum atomic E-state index is 16.2. The predicted octanol–water partition coefficient (Wildman–Crippen LogP) is 11.8. The van der Waals surface area contributed by atoms with Gasteiger partial charge in [-0.3, -0.25) is 0 Å². The first-order valence-corrected chi connectivity index (χ1v) is 25.4. The van der Waals surface area contributed by atoms with Gasteiger partial charge in [-0.1, -0.05) is 0 Å². The normalized spacial score (nSPS) is 11.7. The maximum absolute atomic E-state index is 16.2. The molecular weight excluding hydrogens is 893 g/mol. The topological polar surface area (TPSA) is 96.0 Å². The molecule has 0 atom stereocenters. The molecule has 9 aromatic rings. The van der Waals surface area contributed by atoms with Gasteiger partial charge in [-0.25, -0.2) is 0 Å². The molecule has 0 fully saturated rings. The van der Waals surface area contributed by atoms with E-state index in [-0.39, 0.29) is 4.59 Å². The van der Waals surface area contributed by atoms with Crippen molar-refractivity contribution in [2.45, 2.75) is 16.2 Å². The van der Waals surface area contributed by atoms with E-state index in [9.17, 15) is 4.79 Å². The minimum absolute atomic E-state index is 0.261. The zero-order valence-corrected chi connectivity index (χ0v) is 39.0. The van der Waals surface area contributed by atoms with Gasteiger partial charge in [-0.15, -0.1) is 0 Å². The molecule has 0 N–H and O–H groups in total. The van der Waals surface area contributed by atoms with Gasteiger partial charge in [-0.05, 0) is 0 Å². The molecule has 0 aliphatic heterocycles. The van der Waals surface area contributed by atoms with Gasteiger partial charge >= 0.3 is 409 Å². The third-order valence-electron chi connectivity index (χ3n) is 12.6. The molecule has 9 aromatic carbocycles. The van der Waals surface area contributed by atoms with Gasteiger partial charge in [0, 0.05) is 0 Å². The summed E-state index contributed by atoms with van der Waals surface area (Å²) in [6.45, 7) is 0. The number of hydrogen-bond donors (Lipinski definition) is 0. The minimum atomic E-state index is -6.53. The molecule has 69 heavy (non-hydrogen) atoms. The van der Waals surface area contributed by atoms with E-state index >= 15 is 14.4 Å². The van der Waals surface area contributed by atoms with Gasteiger partial charge < -0.3 is 0 Å². The van der Waals surface area contributed by atoms with E-state index in [0.717, 1.165) is 0 Å². The van der Waals surface area contributed by atoms with Gasteiger partial charge in [-0.2, -0.15) is 0 Å². The Labute approximate surface area is 406 Å². The van der Waals surface area contributed by atoms with Crippen LogP contribution >= 0.6 is 0 Å². The van der Waals surface area contributed by atoms with Crippen LogP contribution in [0.4, 0.5) is 0 Å². The first-order chi connectivity index (χ1) is 33.9. The van der Waals surface area contributed by atoms with Crippen LogP contribution in [-0.2, 0) is 63.1 Å². The molecule has 0 radical (unpaired) electrons. The Morgan fingerprint density at radius 1 is 0.261 bits per heavy atom. The number of carbonyl (C=O) groups excluding carboxylic acids is 4. The summed E-state index contributed by atoms with van der Waals surface area (Å²) < 4.78 is 20.5. The third kappa shape index (κ3) is 8.44. The zero-order chi connectivity index (χ0) is 47.6. The summed E-state index contributed by atoms with van der Waals surface area (Å²) in [4.78, 5) is 63.3. The van der Waals surface area contributed by atoms with Crippen molar-refractivity contribution >= 4 is 22.5 Å². The van der Waals surface area contributed by atoms with Crippen LogP contribution in [0.25, 0.3) is 0 Å². The van der Waals surface area contributed by atoms with Crippen LogP contribution in [-0.4, -0.2) is 22.5 Å². The molecule has 0 spiro atoms. The molecule has 0 aliphatic rings. The number of benzene rings is 9. The van der Waals surface area contributed by atoms with E-state index in [0.29, 0.717) is 50.1 Å². The second kappa shape index (κ2) is 20.3. The van der Waals surface area contributed by atoms with E-state index in [1.165, 1.54) is 0 Å². The molecule has 0 aromatic heterocycles. The predicted molar refractivity (Wildman–Crippen MR) is 263 cm³/mol. The first-order valence-electron chi connectivity index (χ1n) is 22.6. The monoisotopic (exact) mass is 938 g/mol. The van der Waals surface area contributed by atoms with Crippen LogP contribution in [0.1, 0.15) is 50.1 Å². The summed E-state index contributed by atoms with van der Waals surface area (Å²) >= 11 is -6.53. The van der Waals surface area contributed by atoms with Gasteiger partial charge in [0.1, 0.15) is 0 Å². The molecule has 0 saturated heterocycles. The van der Waals surface area contributed by atoms with Crippen molar-refractivity contribution < 1.29 is 46.9 Å². The zero-order valence-electron chi connectivity index (χ0n) is 37.4. The third-order valence-corrected chi connectivity index (χ3v) is 15.3. The van der Waals surface area contributed by atoms with E-state index in [4.69, 9.17) is 9.96 Å². The van der Waals surface area contributed by atoms with Crippen LogP contribution in [0.5, 0.6) is 0 Å². The molecule has 0 bridgehead atoms.